The van der Waals surface area contributed by atoms with Gasteiger partial charge in [0.2, 0.25) is 0 Å². The number of furan rings is 1. The van der Waals surface area contributed by atoms with Gasteiger partial charge in [-0.1, -0.05) is 127 Å². The summed E-state index contributed by atoms with van der Waals surface area (Å²) in [6.07, 6.45) is 3.53. The molecule has 6 nitrogen and oxygen atoms in total. The van der Waals surface area contributed by atoms with E-state index in [4.69, 9.17) is 14.4 Å². The van der Waals surface area contributed by atoms with Gasteiger partial charge in [0.15, 0.2) is 6.17 Å². The van der Waals surface area contributed by atoms with Gasteiger partial charge in [-0.25, -0.2) is 9.98 Å². The molecule has 4 heterocycles. The van der Waals surface area contributed by atoms with E-state index in [9.17, 15) is 0 Å². The first kappa shape index (κ1) is 30.4. The molecular weight excluding hydrogens is 663 g/mol. The van der Waals surface area contributed by atoms with E-state index in [-0.39, 0.29) is 6.04 Å². The van der Waals surface area contributed by atoms with Gasteiger partial charge in [-0.05, 0) is 63.9 Å². The molecule has 2 atom stereocenters. The summed E-state index contributed by atoms with van der Waals surface area (Å²) in [4.78, 5) is 10.4. The number of benzene rings is 7. The van der Waals surface area contributed by atoms with Crippen LogP contribution in [0, 0.1) is 0 Å². The SMILES string of the molecule is C1=Cc2oc3cc(-n4c5ccccc5c5ccccc54)ccc3c2C(C2=NC(c3ccc(-c4ccc5ccccc5c4)cc3)N=C(c3ccccc3)N2)N1. The van der Waals surface area contributed by atoms with E-state index in [0.29, 0.717) is 0 Å². The molecule has 256 valence electrons. The number of nitrogens with one attached hydrogen (secondary N) is 2. The Labute approximate surface area is 311 Å². The lowest BCUT2D eigenvalue weighted by Gasteiger charge is -2.28. The number of rotatable bonds is 5. The molecule has 0 bridgehead atoms. The molecule has 0 aliphatic carbocycles. The second-order valence-corrected chi connectivity index (χ2v) is 13.9. The van der Waals surface area contributed by atoms with Crippen molar-refractivity contribution in [2.45, 2.75) is 12.2 Å². The highest BCUT2D eigenvalue weighted by atomic mass is 16.3. The van der Waals surface area contributed by atoms with Gasteiger partial charge < -0.3 is 19.6 Å². The molecule has 11 rings (SSSR count). The zero-order chi connectivity index (χ0) is 35.6. The van der Waals surface area contributed by atoms with Crippen molar-refractivity contribution in [1.82, 2.24) is 15.2 Å². The Hall–Kier alpha value is -7.18. The molecule has 0 saturated carbocycles. The van der Waals surface area contributed by atoms with Crippen LogP contribution < -0.4 is 10.6 Å². The molecule has 0 fully saturated rings. The summed E-state index contributed by atoms with van der Waals surface area (Å²) in [7, 11) is 0. The Morgan fingerprint density at radius 3 is 2.06 bits per heavy atom. The third kappa shape index (κ3) is 4.95. The zero-order valence-electron chi connectivity index (χ0n) is 29.1. The summed E-state index contributed by atoms with van der Waals surface area (Å²) in [6.45, 7) is 0. The van der Waals surface area contributed by atoms with Gasteiger partial charge in [0.05, 0.1) is 11.0 Å². The van der Waals surface area contributed by atoms with Crippen molar-refractivity contribution in [2.75, 3.05) is 0 Å². The first-order chi connectivity index (χ1) is 26.7. The lowest BCUT2D eigenvalue weighted by atomic mass is 9.98. The third-order valence-electron chi connectivity index (χ3n) is 10.7. The fraction of sp³-hybridized carbons (Fsp3) is 0.0417. The average molecular weight is 696 g/mol. The summed E-state index contributed by atoms with van der Waals surface area (Å²) in [5.41, 5.74) is 9.62. The molecule has 0 amide bonds. The number of fused-ring (bicyclic) bond motifs is 7. The molecule has 2 aromatic heterocycles. The molecular formula is C48H33N5O. The van der Waals surface area contributed by atoms with E-state index >= 15 is 0 Å². The summed E-state index contributed by atoms with van der Waals surface area (Å²) in [5.74, 6) is 2.38. The van der Waals surface area contributed by atoms with Gasteiger partial charge in [0, 0.05) is 45.2 Å². The van der Waals surface area contributed by atoms with Crippen LogP contribution in [0.1, 0.15) is 34.7 Å². The molecule has 2 aliphatic heterocycles. The number of aliphatic imine (C=N–C) groups is 2. The molecule has 7 aromatic carbocycles. The maximum atomic E-state index is 6.63. The number of amidine groups is 2. The number of aromatic nitrogens is 1. The second kappa shape index (κ2) is 12.2. The van der Waals surface area contributed by atoms with Crippen molar-refractivity contribution in [3.05, 3.63) is 192 Å². The Balaban J connectivity index is 0.986. The maximum absolute atomic E-state index is 6.63. The summed E-state index contributed by atoms with van der Waals surface area (Å²) >= 11 is 0. The molecule has 0 saturated heterocycles. The van der Waals surface area contributed by atoms with Crippen LogP contribution in [-0.4, -0.2) is 16.2 Å². The van der Waals surface area contributed by atoms with Crippen LogP contribution in [0.5, 0.6) is 0 Å². The van der Waals surface area contributed by atoms with Crippen LogP contribution in [0.3, 0.4) is 0 Å². The highest BCUT2D eigenvalue weighted by Gasteiger charge is 2.32. The fourth-order valence-corrected chi connectivity index (χ4v) is 8.13. The van der Waals surface area contributed by atoms with Gasteiger partial charge in [0.25, 0.3) is 0 Å². The van der Waals surface area contributed by atoms with Crippen molar-refractivity contribution in [1.29, 1.82) is 0 Å². The van der Waals surface area contributed by atoms with E-state index in [1.165, 1.54) is 38.1 Å². The largest absolute Gasteiger partial charge is 0.456 e. The van der Waals surface area contributed by atoms with Crippen molar-refractivity contribution in [2.24, 2.45) is 9.98 Å². The lowest BCUT2D eigenvalue weighted by Crippen LogP contribution is -2.43. The van der Waals surface area contributed by atoms with Gasteiger partial charge in [-0.2, -0.15) is 0 Å². The van der Waals surface area contributed by atoms with Gasteiger partial charge >= 0.3 is 0 Å². The number of nitrogens with zero attached hydrogens (tertiary/aromatic N) is 3. The van der Waals surface area contributed by atoms with Crippen LogP contribution in [0.25, 0.3) is 66.4 Å². The third-order valence-corrected chi connectivity index (χ3v) is 10.7. The topological polar surface area (TPSA) is 66.8 Å². The minimum absolute atomic E-state index is 0.279. The Kier molecular flexibility index (Phi) is 6.89. The van der Waals surface area contributed by atoms with Gasteiger partial charge in [-0.15, -0.1) is 0 Å². The van der Waals surface area contributed by atoms with E-state index in [1.807, 2.05) is 30.5 Å². The van der Waals surface area contributed by atoms with Gasteiger partial charge in [0.1, 0.15) is 29.1 Å². The van der Waals surface area contributed by atoms with Crippen molar-refractivity contribution in [3.63, 3.8) is 0 Å². The first-order valence-electron chi connectivity index (χ1n) is 18.3. The Morgan fingerprint density at radius 2 is 1.26 bits per heavy atom. The van der Waals surface area contributed by atoms with Crippen molar-refractivity contribution in [3.8, 4) is 16.8 Å². The number of para-hydroxylation sites is 2. The average Bonchev–Trinajstić information content (AvgIpc) is 3.79. The molecule has 2 unspecified atom stereocenters. The van der Waals surface area contributed by atoms with E-state index in [2.05, 4.69) is 161 Å². The summed E-state index contributed by atoms with van der Waals surface area (Å²) < 4.78 is 8.95. The predicted molar refractivity (Wildman–Crippen MR) is 221 cm³/mol. The molecule has 6 heteroatoms. The standard InChI is InChI=1S/C48H33N5O/c1-2-11-32(12-3-1)46-50-47(33-21-18-31(19-22-33)35-23-20-30-10-4-5-13-34(30)28-35)52-48(51-46)45-44-39-25-24-36(29-43(39)54-42(44)26-27-49-45)53-40-16-8-6-14-37(40)38-15-7-9-17-41(38)53/h1-29,45,47,49H,(H,50,51,52). The normalized spacial score (nSPS) is 16.6. The zero-order valence-corrected chi connectivity index (χ0v) is 29.1. The van der Waals surface area contributed by atoms with E-state index in [1.54, 1.807) is 0 Å². The van der Waals surface area contributed by atoms with E-state index in [0.717, 1.165) is 56.3 Å². The number of hydrogen-bond acceptors (Lipinski definition) is 5. The number of hydrogen-bond donors (Lipinski definition) is 2. The summed E-state index contributed by atoms with van der Waals surface area (Å²) in [5, 5.41) is 13.2. The second-order valence-electron chi connectivity index (χ2n) is 13.9. The molecule has 2 N–H and O–H groups in total. The van der Waals surface area contributed by atoms with Crippen LogP contribution in [0.15, 0.2) is 184 Å². The molecule has 0 radical (unpaired) electrons. The minimum Gasteiger partial charge on any atom is -0.456 e. The fourth-order valence-electron chi connectivity index (χ4n) is 8.13. The Morgan fingerprint density at radius 1 is 0.556 bits per heavy atom. The molecule has 0 spiro atoms. The quantitative estimate of drug-likeness (QED) is 0.188. The molecule has 2 aliphatic rings. The monoisotopic (exact) mass is 695 g/mol. The summed E-state index contributed by atoms with van der Waals surface area (Å²) in [6, 6.07) is 57.4. The highest BCUT2D eigenvalue weighted by Crippen LogP contribution is 2.39. The maximum Gasteiger partial charge on any atom is 0.169 e. The smallest absolute Gasteiger partial charge is 0.169 e. The minimum atomic E-state index is -0.432. The predicted octanol–water partition coefficient (Wildman–Crippen LogP) is 11.1. The lowest BCUT2D eigenvalue weighted by molar-refractivity contribution is 0.585. The van der Waals surface area contributed by atoms with E-state index < -0.39 is 6.17 Å². The van der Waals surface area contributed by atoms with Crippen LogP contribution in [0.4, 0.5) is 0 Å². The first-order valence-corrected chi connectivity index (χ1v) is 18.3. The van der Waals surface area contributed by atoms with Crippen LogP contribution in [0.2, 0.25) is 0 Å². The Bertz CT molecular complexity index is 2950. The van der Waals surface area contributed by atoms with Crippen LogP contribution in [-0.2, 0) is 0 Å². The van der Waals surface area contributed by atoms with Crippen molar-refractivity contribution >= 4 is 61.3 Å². The van der Waals surface area contributed by atoms with Gasteiger partial charge in [-0.3, -0.25) is 0 Å². The van der Waals surface area contributed by atoms with Crippen molar-refractivity contribution < 1.29 is 4.42 Å². The van der Waals surface area contributed by atoms with Crippen LogP contribution >= 0.6 is 0 Å². The molecule has 54 heavy (non-hydrogen) atoms. The molecule has 9 aromatic rings. The highest BCUT2D eigenvalue weighted by molar-refractivity contribution is 6.13.